The molecule has 0 fully saturated rings. The molecular weight excluding hydrogens is 367 g/mol. The summed E-state index contributed by atoms with van der Waals surface area (Å²) in [5, 5.41) is 28.6. The van der Waals surface area contributed by atoms with Crippen LogP contribution in [0.25, 0.3) is 0 Å². The summed E-state index contributed by atoms with van der Waals surface area (Å²) in [5.74, 6) is -1.25. The average molecular weight is 384 g/mol. The molecule has 0 unspecified atom stereocenters. The quantitative estimate of drug-likeness (QED) is 0.363. The highest BCUT2D eigenvalue weighted by Gasteiger charge is 2.24. The molecule has 0 saturated carbocycles. The van der Waals surface area contributed by atoms with Crippen LogP contribution in [0, 0.1) is 0 Å². The van der Waals surface area contributed by atoms with Gasteiger partial charge in [-0.15, -0.1) is 0 Å². The van der Waals surface area contributed by atoms with Crippen LogP contribution in [0.4, 0.5) is 0 Å². The van der Waals surface area contributed by atoms with E-state index in [0.29, 0.717) is 12.8 Å². The number of hydrogen-bond acceptors (Lipinski definition) is 6. The first kappa shape index (κ1) is 19.3. The van der Waals surface area contributed by atoms with Crippen LogP contribution in [0.1, 0.15) is 28.8 Å². The van der Waals surface area contributed by atoms with E-state index in [-0.39, 0.29) is 34.0 Å². The maximum absolute atomic E-state index is 12.4. The molecule has 25 heavy (non-hydrogen) atoms. The topological polar surface area (TPSA) is 135 Å². The molecule has 2 aromatic rings. The third-order valence-electron chi connectivity index (χ3n) is 3.37. The van der Waals surface area contributed by atoms with Gasteiger partial charge in [0.05, 0.1) is 5.56 Å². The molecule has 0 amide bonds. The van der Waals surface area contributed by atoms with Gasteiger partial charge in [-0.1, -0.05) is 12.1 Å². The van der Waals surface area contributed by atoms with Crippen molar-refractivity contribution >= 4 is 24.0 Å². The number of aryl methyl sites for hydroxylation is 1. The highest BCUT2D eigenvalue weighted by molar-refractivity contribution is 8.54. The van der Waals surface area contributed by atoms with E-state index in [2.05, 4.69) is 0 Å². The number of hydrogen-bond donors (Lipinski definition) is 5. The molecule has 0 aliphatic rings. The lowest BCUT2D eigenvalue weighted by atomic mass is 10.0. The van der Waals surface area contributed by atoms with Crippen LogP contribution in [-0.2, 0) is 11.0 Å². The Bertz CT molecular complexity index is 814. The van der Waals surface area contributed by atoms with Gasteiger partial charge in [0.2, 0.25) is 0 Å². The summed E-state index contributed by atoms with van der Waals surface area (Å²) in [6.07, 6.45) is 1.06. The number of rotatable bonds is 7. The lowest BCUT2D eigenvalue weighted by Crippen LogP contribution is -2.03. The molecule has 0 heterocycles. The van der Waals surface area contributed by atoms with Crippen LogP contribution < -0.4 is 0 Å². The van der Waals surface area contributed by atoms with Gasteiger partial charge in [-0.25, -0.2) is 4.57 Å². The van der Waals surface area contributed by atoms with Crippen LogP contribution in [0.5, 0.6) is 17.2 Å². The van der Waals surface area contributed by atoms with Gasteiger partial charge in [-0.05, 0) is 48.0 Å². The van der Waals surface area contributed by atoms with Crippen molar-refractivity contribution in [1.29, 1.82) is 0 Å². The van der Waals surface area contributed by atoms with E-state index < -0.39 is 24.1 Å². The first-order valence-corrected chi connectivity index (χ1v) is 10.3. The standard InChI is InChI=1S/C16H17O7PS/c17-11-6-4-10(5-7-11)2-1-3-13(19)16-14(20)8-12(18)9-15(16)25-24(21,22)23/h4-9,17-18,20H,1-3H2,(H2,21,22,23). The summed E-state index contributed by atoms with van der Waals surface area (Å²) in [5.41, 5.74) is 0.710. The van der Waals surface area contributed by atoms with Crippen molar-refractivity contribution in [3.05, 3.63) is 47.5 Å². The summed E-state index contributed by atoms with van der Waals surface area (Å²) in [6, 6.07) is 8.53. The fourth-order valence-corrected chi connectivity index (χ4v) is 4.25. The van der Waals surface area contributed by atoms with Crippen LogP contribution in [0.15, 0.2) is 41.3 Å². The van der Waals surface area contributed by atoms with Crippen molar-refractivity contribution in [2.45, 2.75) is 24.2 Å². The number of phenolic OH excluding ortho intramolecular Hbond substituents is 3. The Hall–Kier alpha value is -1.99. The zero-order valence-corrected chi connectivity index (χ0v) is 14.7. The minimum absolute atomic E-state index is 0.0495. The van der Waals surface area contributed by atoms with Crippen molar-refractivity contribution in [2.24, 2.45) is 0 Å². The predicted octanol–water partition coefficient (Wildman–Crippen LogP) is 3.19. The summed E-state index contributed by atoms with van der Waals surface area (Å²) >= 11 is 0.114. The molecule has 0 atom stereocenters. The van der Waals surface area contributed by atoms with Crippen molar-refractivity contribution in [1.82, 2.24) is 0 Å². The Labute approximate surface area is 147 Å². The van der Waals surface area contributed by atoms with Gasteiger partial charge < -0.3 is 25.1 Å². The van der Waals surface area contributed by atoms with E-state index in [0.717, 1.165) is 17.7 Å². The van der Waals surface area contributed by atoms with Crippen LogP contribution in [0.3, 0.4) is 0 Å². The maximum atomic E-state index is 12.4. The van der Waals surface area contributed by atoms with E-state index in [9.17, 15) is 24.7 Å². The molecule has 0 spiro atoms. The van der Waals surface area contributed by atoms with Gasteiger partial charge >= 0.3 is 6.80 Å². The van der Waals surface area contributed by atoms with E-state index >= 15 is 0 Å². The molecule has 7 nitrogen and oxygen atoms in total. The Morgan fingerprint density at radius 1 is 1.00 bits per heavy atom. The second-order valence-electron chi connectivity index (χ2n) is 5.36. The number of carbonyl (C=O) groups is 1. The Morgan fingerprint density at radius 2 is 1.64 bits per heavy atom. The highest BCUT2D eigenvalue weighted by Crippen LogP contribution is 2.56. The third-order valence-corrected chi connectivity index (χ3v) is 5.43. The fourth-order valence-electron chi connectivity index (χ4n) is 2.31. The number of phenols is 3. The molecule has 2 rings (SSSR count). The second-order valence-corrected chi connectivity index (χ2v) is 8.94. The monoisotopic (exact) mass is 384 g/mol. The predicted molar refractivity (Wildman–Crippen MR) is 93.0 cm³/mol. The zero-order valence-electron chi connectivity index (χ0n) is 13.0. The fraction of sp³-hybridized carbons (Fsp3) is 0.188. The summed E-state index contributed by atoms with van der Waals surface area (Å²) in [7, 11) is 0. The molecule has 0 bridgehead atoms. The summed E-state index contributed by atoms with van der Waals surface area (Å²) < 4.78 is 11.2. The summed E-state index contributed by atoms with van der Waals surface area (Å²) in [6.45, 7) is -4.55. The molecule has 134 valence electrons. The van der Waals surface area contributed by atoms with Crippen molar-refractivity contribution in [3.63, 3.8) is 0 Å². The lowest BCUT2D eigenvalue weighted by Gasteiger charge is -2.12. The van der Waals surface area contributed by atoms with E-state index in [1.165, 1.54) is 12.1 Å². The Balaban J connectivity index is 2.12. The molecule has 9 heteroatoms. The SMILES string of the molecule is O=C(CCCc1ccc(O)cc1)c1c(O)cc(O)cc1SP(=O)(O)O. The van der Waals surface area contributed by atoms with Gasteiger partial charge in [0.1, 0.15) is 17.2 Å². The second kappa shape index (κ2) is 7.93. The van der Waals surface area contributed by atoms with Gasteiger partial charge in [-0.2, -0.15) is 0 Å². The molecular formula is C16H17O7PS. The molecule has 5 N–H and O–H groups in total. The van der Waals surface area contributed by atoms with E-state index in [4.69, 9.17) is 9.79 Å². The molecule has 0 radical (unpaired) electrons. The largest absolute Gasteiger partial charge is 0.508 e. The molecule has 0 saturated heterocycles. The zero-order chi connectivity index (χ0) is 18.6. The number of Topliss-reactive ketones (excluding diaryl/α,β-unsaturated/α-hetero) is 1. The van der Waals surface area contributed by atoms with Crippen LogP contribution in [0.2, 0.25) is 0 Å². The highest BCUT2D eigenvalue weighted by atomic mass is 32.7. The van der Waals surface area contributed by atoms with Crippen molar-refractivity contribution in [2.75, 3.05) is 0 Å². The Morgan fingerprint density at radius 3 is 2.24 bits per heavy atom. The average Bonchev–Trinajstić information content (AvgIpc) is 2.46. The molecule has 0 aliphatic heterocycles. The van der Waals surface area contributed by atoms with Gasteiger partial charge in [0, 0.05) is 17.4 Å². The number of carbonyl (C=O) groups excluding carboxylic acids is 1. The smallest absolute Gasteiger partial charge is 0.388 e. The minimum atomic E-state index is -4.55. The van der Waals surface area contributed by atoms with Crippen molar-refractivity contribution in [3.8, 4) is 17.2 Å². The maximum Gasteiger partial charge on any atom is 0.388 e. The third kappa shape index (κ3) is 5.79. The number of ketones is 1. The normalized spacial score (nSPS) is 11.4. The van der Waals surface area contributed by atoms with Gasteiger partial charge in [0.25, 0.3) is 0 Å². The molecule has 0 aromatic heterocycles. The number of benzene rings is 2. The van der Waals surface area contributed by atoms with Gasteiger partial charge in [-0.3, -0.25) is 4.79 Å². The van der Waals surface area contributed by atoms with E-state index in [1.807, 2.05) is 0 Å². The summed E-state index contributed by atoms with van der Waals surface area (Å²) in [4.78, 5) is 30.4. The first-order valence-electron chi connectivity index (χ1n) is 7.28. The number of aromatic hydroxyl groups is 3. The lowest BCUT2D eigenvalue weighted by molar-refractivity contribution is 0.0974. The van der Waals surface area contributed by atoms with Crippen LogP contribution in [-0.4, -0.2) is 30.9 Å². The first-order chi connectivity index (χ1) is 11.7. The van der Waals surface area contributed by atoms with Crippen LogP contribution >= 0.6 is 18.2 Å². The minimum Gasteiger partial charge on any atom is -0.508 e. The molecule has 2 aromatic carbocycles. The molecule has 0 aliphatic carbocycles. The van der Waals surface area contributed by atoms with E-state index in [1.54, 1.807) is 12.1 Å². The van der Waals surface area contributed by atoms with Gasteiger partial charge in [0.15, 0.2) is 5.78 Å². The van der Waals surface area contributed by atoms with Crippen molar-refractivity contribution < 1.29 is 34.5 Å². The Kier molecular flexibility index (Phi) is 6.13.